The van der Waals surface area contributed by atoms with Gasteiger partial charge in [-0.25, -0.2) is 4.79 Å². The molecule has 10 heteroatoms. The molecule has 0 saturated carbocycles. The molecule has 0 aliphatic heterocycles. The molecule has 0 spiro atoms. The second-order valence-corrected chi connectivity index (χ2v) is 10.0. The average molecular weight is 610 g/mol. The Bertz CT molecular complexity index is 1350. The number of hydrogen-bond acceptors (Lipinski definition) is 5. The topological polar surface area (TPSA) is 81.2 Å². The maximum absolute atomic E-state index is 12.0. The molecule has 0 aliphatic rings. The number of rotatable bonds is 7. The van der Waals surface area contributed by atoms with Gasteiger partial charge in [-0.05, 0) is 73.3 Å². The second kappa shape index (κ2) is 10.3. The van der Waals surface area contributed by atoms with Crippen molar-refractivity contribution in [3.05, 3.63) is 79.2 Å². The van der Waals surface area contributed by atoms with Gasteiger partial charge in [0.05, 0.1) is 0 Å². The summed E-state index contributed by atoms with van der Waals surface area (Å²) in [4.78, 5) is 12.0. The van der Waals surface area contributed by atoms with Crippen molar-refractivity contribution in [1.29, 1.82) is 0 Å². The number of aromatic nitrogens is 3. The molecule has 2 aromatic heterocycles. The lowest BCUT2D eigenvalue weighted by Crippen LogP contribution is -2.02. The summed E-state index contributed by atoms with van der Waals surface area (Å²) < 4.78 is 9.54. The van der Waals surface area contributed by atoms with Gasteiger partial charge < -0.3 is 14.1 Å². The number of carboxylic acids is 1. The van der Waals surface area contributed by atoms with Crippen molar-refractivity contribution in [2.45, 2.75) is 18.6 Å². The van der Waals surface area contributed by atoms with Crippen LogP contribution in [0.5, 0.6) is 0 Å². The van der Waals surface area contributed by atoms with Crippen LogP contribution in [0.4, 0.5) is 0 Å². The molecular formula is C23H16Br2ClN3O3S. The maximum atomic E-state index is 12.0. The fourth-order valence-electron chi connectivity index (χ4n) is 3.09. The first-order chi connectivity index (χ1) is 15.9. The van der Waals surface area contributed by atoms with Gasteiger partial charge in [-0.3, -0.25) is 0 Å². The molecule has 0 amide bonds. The number of furan rings is 1. The summed E-state index contributed by atoms with van der Waals surface area (Å²) in [7, 11) is 0. The monoisotopic (exact) mass is 607 g/mol. The van der Waals surface area contributed by atoms with Crippen LogP contribution < -0.4 is 0 Å². The van der Waals surface area contributed by atoms with Gasteiger partial charge in [0.2, 0.25) is 0 Å². The number of hydrogen-bond donors (Lipinski definition) is 1. The zero-order valence-electron chi connectivity index (χ0n) is 17.1. The lowest BCUT2D eigenvalue weighted by atomic mass is 10.2. The minimum atomic E-state index is -1.08. The SMILES string of the molecule is CCn1c(S/C(=C/c2ccc(-c3cc(Br)ccc3Br)o2)C(=O)O)nnc1-c1ccc(Cl)cc1. The summed E-state index contributed by atoms with van der Waals surface area (Å²) in [6.45, 7) is 2.52. The predicted molar refractivity (Wildman–Crippen MR) is 137 cm³/mol. The van der Waals surface area contributed by atoms with E-state index in [-0.39, 0.29) is 4.91 Å². The van der Waals surface area contributed by atoms with Gasteiger partial charge in [-0.15, -0.1) is 10.2 Å². The molecule has 4 aromatic rings. The fourth-order valence-corrected chi connectivity index (χ4v) is 4.88. The van der Waals surface area contributed by atoms with Crippen molar-refractivity contribution in [1.82, 2.24) is 14.8 Å². The highest BCUT2D eigenvalue weighted by molar-refractivity contribution is 9.11. The molecule has 0 aliphatic carbocycles. The van der Waals surface area contributed by atoms with Crippen molar-refractivity contribution >= 4 is 67.3 Å². The van der Waals surface area contributed by atoms with Gasteiger partial charge in [0.15, 0.2) is 11.0 Å². The van der Waals surface area contributed by atoms with E-state index in [4.69, 9.17) is 16.0 Å². The summed E-state index contributed by atoms with van der Waals surface area (Å²) in [6.07, 6.45) is 1.49. The van der Waals surface area contributed by atoms with E-state index in [9.17, 15) is 9.90 Å². The van der Waals surface area contributed by atoms with Crippen LogP contribution in [-0.2, 0) is 11.3 Å². The number of aliphatic carboxylic acids is 1. The Balaban J connectivity index is 1.64. The molecular weight excluding hydrogens is 594 g/mol. The van der Waals surface area contributed by atoms with E-state index in [1.807, 2.05) is 41.8 Å². The van der Waals surface area contributed by atoms with Crippen LogP contribution in [-0.4, -0.2) is 25.8 Å². The molecule has 0 fully saturated rings. The van der Waals surface area contributed by atoms with E-state index < -0.39 is 5.97 Å². The Morgan fingerprint density at radius 3 is 2.61 bits per heavy atom. The molecule has 1 N–H and O–H groups in total. The molecule has 0 atom stereocenters. The molecule has 0 unspecified atom stereocenters. The predicted octanol–water partition coefficient (Wildman–Crippen LogP) is 7.62. The van der Waals surface area contributed by atoms with Gasteiger partial charge in [0, 0.05) is 37.7 Å². The van der Waals surface area contributed by atoms with Crippen LogP contribution in [0.15, 0.2) is 78.0 Å². The Morgan fingerprint density at radius 1 is 1.15 bits per heavy atom. The third-order valence-corrected chi connectivity index (χ3v) is 7.08. The Morgan fingerprint density at radius 2 is 1.91 bits per heavy atom. The third kappa shape index (κ3) is 5.43. The van der Waals surface area contributed by atoms with Gasteiger partial charge in [-0.1, -0.05) is 43.5 Å². The number of benzene rings is 2. The van der Waals surface area contributed by atoms with Crippen LogP contribution >= 0.6 is 55.2 Å². The smallest absolute Gasteiger partial charge is 0.342 e. The Labute approximate surface area is 215 Å². The van der Waals surface area contributed by atoms with Crippen molar-refractivity contribution < 1.29 is 14.3 Å². The van der Waals surface area contributed by atoms with E-state index in [0.717, 1.165) is 31.8 Å². The van der Waals surface area contributed by atoms with E-state index in [1.165, 1.54) is 6.08 Å². The average Bonchev–Trinajstić information content (AvgIpc) is 3.42. The summed E-state index contributed by atoms with van der Waals surface area (Å²) in [5.74, 6) is 0.592. The first-order valence-electron chi connectivity index (χ1n) is 9.73. The molecule has 6 nitrogen and oxygen atoms in total. The van der Waals surface area contributed by atoms with Crippen LogP contribution in [0.2, 0.25) is 5.02 Å². The maximum Gasteiger partial charge on any atom is 0.342 e. The summed E-state index contributed by atoms with van der Waals surface area (Å²) >= 11 is 14.0. The van der Waals surface area contributed by atoms with E-state index in [0.29, 0.717) is 34.1 Å². The minimum absolute atomic E-state index is 0.0639. The van der Waals surface area contributed by atoms with Crippen LogP contribution in [0.25, 0.3) is 28.8 Å². The van der Waals surface area contributed by atoms with Gasteiger partial charge in [-0.2, -0.15) is 0 Å². The molecule has 0 bridgehead atoms. The highest BCUT2D eigenvalue weighted by atomic mass is 79.9. The van der Waals surface area contributed by atoms with Crippen molar-refractivity contribution in [3.63, 3.8) is 0 Å². The van der Waals surface area contributed by atoms with Gasteiger partial charge in [0.1, 0.15) is 16.4 Å². The Hall–Kier alpha value is -2.33. The zero-order valence-corrected chi connectivity index (χ0v) is 21.9. The number of carbonyl (C=O) groups is 1. The quantitative estimate of drug-likeness (QED) is 0.172. The first-order valence-corrected chi connectivity index (χ1v) is 12.5. The zero-order chi connectivity index (χ0) is 23.5. The second-order valence-electron chi connectivity index (χ2n) is 6.80. The number of nitrogens with zero attached hydrogens (tertiary/aromatic N) is 3. The summed E-state index contributed by atoms with van der Waals surface area (Å²) in [5.41, 5.74) is 1.70. The standard InChI is InChI=1S/C23H16Br2ClN3O3S/c1-2-29-21(13-3-6-15(26)7-4-13)27-28-23(29)33-20(22(30)31)12-16-8-10-19(32-16)17-11-14(24)5-9-18(17)25/h3-12H,2H2,1H3,(H,30,31)/b20-12+. The van der Waals surface area contributed by atoms with E-state index in [1.54, 1.807) is 24.3 Å². The summed E-state index contributed by atoms with van der Waals surface area (Å²) in [5, 5.41) is 19.4. The van der Waals surface area contributed by atoms with E-state index >= 15 is 0 Å². The number of thioether (sulfide) groups is 1. The fraction of sp³-hybridized carbons (Fsp3) is 0.0870. The molecule has 2 aromatic carbocycles. The Kier molecular flexibility index (Phi) is 7.43. The molecule has 0 radical (unpaired) electrons. The normalized spacial score (nSPS) is 11.7. The lowest BCUT2D eigenvalue weighted by Gasteiger charge is -2.07. The molecule has 168 valence electrons. The van der Waals surface area contributed by atoms with E-state index in [2.05, 4.69) is 42.1 Å². The minimum Gasteiger partial charge on any atom is -0.477 e. The molecule has 0 saturated heterocycles. The number of carboxylic acid groups (broad SMARTS) is 1. The molecule has 4 rings (SSSR count). The highest BCUT2D eigenvalue weighted by Gasteiger charge is 2.19. The van der Waals surface area contributed by atoms with Gasteiger partial charge in [0.25, 0.3) is 0 Å². The van der Waals surface area contributed by atoms with Crippen LogP contribution in [0, 0.1) is 0 Å². The first kappa shape index (κ1) is 23.8. The van der Waals surface area contributed by atoms with Crippen molar-refractivity contribution in [2.24, 2.45) is 0 Å². The highest BCUT2D eigenvalue weighted by Crippen LogP contribution is 2.34. The van der Waals surface area contributed by atoms with Crippen molar-refractivity contribution in [3.8, 4) is 22.7 Å². The molecule has 33 heavy (non-hydrogen) atoms. The molecule has 2 heterocycles. The third-order valence-electron chi connectivity index (χ3n) is 4.64. The van der Waals surface area contributed by atoms with Crippen molar-refractivity contribution in [2.75, 3.05) is 0 Å². The van der Waals surface area contributed by atoms with Crippen LogP contribution in [0.3, 0.4) is 0 Å². The van der Waals surface area contributed by atoms with Gasteiger partial charge >= 0.3 is 5.97 Å². The van der Waals surface area contributed by atoms with Crippen LogP contribution in [0.1, 0.15) is 12.7 Å². The number of halogens is 3. The lowest BCUT2D eigenvalue weighted by molar-refractivity contribution is -0.131. The largest absolute Gasteiger partial charge is 0.477 e. The summed E-state index contributed by atoms with van der Waals surface area (Å²) in [6, 6.07) is 16.5.